The van der Waals surface area contributed by atoms with Gasteiger partial charge in [0.25, 0.3) is 5.91 Å². The van der Waals surface area contributed by atoms with Crippen LogP contribution in [0.1, 0.15) is 27.4 Å². The van der Waals surface area contributed by atoms with Gasteiger partial charge in [-0.2, -0.15) is 0 Å². The number of nitrogens with zero attached hydrogens (tertiary/aromatic N) is 2. The molecule has 0 bridgehead atoms. The van der Waals surface area contributed by atoms with Crippen LogP contribution in [0.4, 0.5) is 11.5 Å². The van der Waals surface area contributed by atoms with E-state index in [9.17, 15) is 4.79 Å². The minimum absolute atomic E-state index is 0.271. The van der Waals surface area contributed by atoms with Gasteiger partial charge in [-0.05, 0) is 37.6 Å². The number of anilines is 2. The molecular formula is C21H21ClN4O2. The number of nitrogens with one attached hydrogen (secondary N) is 2. The van der Waals surface area contributed by atoms with Gasteiger partial charge in [0.05, 0.1) is 12.8 Å². The molecule has 1 amide bonds. The van der Waals surface area contributed by atoms with E-state index < -0.39 is 0 Å². The highest BCUT2D eigenvalue weighted by Gasteiger charge is 2.12. The molecule has 0 aliphatic carbocycles. The molecule has 2 N–H and O–H groups in total. The van der Waals surface area contributed by atoms with Crippen LogP contribution in [0.3, 0.4) is 0 Å². The van der Waals surface area contributed by atoms with Crippen LogP contribution in [0.5, 0.6) is 5.75 Å². The topological polar surface area (TPSA) is 76.1 Å². The molecule has 0 saturated heterocycles. The Bertz CT molecular complexity index is 990. The fourth-order valence-corrected chi connectivity index (χ4v) is 2.81. The zero-order chi connectivity index (χ0) is 20.1. The average Bonchev–Trinajstić information content (AvgIpc) is 2.67. The van der Waals surface area contributed by atoms with Crippen molar-refractivity contribution in [3.63, 3.8) is 0 Å². The minimum Gasteiger partial charge on any atom is -0.495 e. The van der Waals surface area contributed by atoms with Gasteiger partial charge in [-0.15, -0.1) is 0 Å². The lowest BCUT2D eigenvalue weighted by atomic mass is 10.1. The fraction of sp³-hybridized carbons (Fsp3) is 0.190. The Morgan fingerprint density at radius 3 is 2.54 bits per heavy atom. The first-order valence-electron chi connectivity index (χ1n) is 8.74. The highest BCUT2D eigenvalue weighted by molar-refractivity contribution is 6.31. The summed E-state index contributed by atoms with van der Waals surface area (Å²) < 4.78 is 5.33. The van der Waals surface area contributed by atoms with Crippen LogP contribution in [0.2, 0.25) is 5.02 Å². The Hall–Kier alpha value is -3.12. The van der Waals surface area contributed by atoms with Gasteiger partial charge in [-0.25, -0.2) is 9.97 Å². The Morgan fingerprint density at radius 1 is 1.07 bits per heavy atom. The highest BCUT2D eigenvalue weighted by atomic mass is 35.5. The number of amides is 1. The van der Waals surface area contributed by atoms with Crippen molar-refractivity contribution < 1.29 is 9.53 Å². The van der Waals surface area contributed by atoms with Gasteiger partial charge in [-0.3, -0.25) is 4.79 Å². The quantitative estimate of drug-likeness (QED) is 0.644. The number of aromatic nitrogens is 2. The predicted octanol–water partition coefficient (Wildman–Crippen LogP) is 4.43. The maximum absolute atomic E-state index is 12.5. The molecule has 3 rings (SSSR count). The van der Waals surface area contributed by atoms with E-state index in [0.717, 1.165) is 5.56 Å². The van der Waals surface area contributed by atoms with Crippen molar-refractivity contribution in [2.24, 2.45) is 0 Å². The number of ether oxygens (including phenoxy) is 1. The summed E-state index contributed by atoms with van der Waals surface area (Å²) in [7, 11) is 1.57. The van der Waals surface area contributed by atoms with Crippen molar-refractivity contribution in [1.82, 2.24) is 15.3 Å². The first-order valence-corrected chi connectivity index (χ1v) is 9.12. The van der Waals surface area contributed by atoms with Gasteiger partial charge in [0, 0.05) is 17.6 Å². The van der Waals surface area contributed by atoms with Gasteiger partial charge < -0.3 is 15.4 Å². The number of methoxy groups -OCH3 is 1. The molecule has 3 aromatic rings. The van der Waals surface area contributed by atoms with Crippen molar-refractivity contribution in [3.8, 4) is 5.75 Å². The summed E-state index contributed by atoms with van der Waals surface area (Å²) in [4.78, 5) is 21.1. The number of hydrogen-bond donors (Lipinski definition) is 2. The van der Waals surface area contributed by atoms with E-state index in [1.165, 1.54) is 5.56 Å². The summed E-state index contributed by atoms with van der Waals surface area (Å²) >= 11 is 6.07. The fourth-order valence-electron chi connectivity index (χ4n) is 2.64. The summed E-state index contributed by atoms with van der Waals surface area (Å²) in [5, 5.41) is 6.58. The van der Waals surface area contributed by atoms with E-state index in [-0.39, 0.29) is 11.6 Å². The molecule has 0 aliphatic heterocycles. The third kappa shape index (κ3) is 4.98. The van der Waals surface area contributed by atoms with Crippen molar-refractivity contribution in [1.29, 1.82) is 0 Å². The Balaban J connectivity index is 1.76. The lowest BCUT2D eigenvalue weighted by molar-refractivity contribution is 0.0945. The van der Waals surface area contributed by atoms with Crippen molar-refractivity contribution in [3.05, 3.63) is 76.2 Å². The molecule has 7 heteroatoms. The summed E-state index contributed by atoms with van der Waals surface area (Å²) in [6.45, 7) is 4.18. The second kappa shape index (κ2) is 8.71. The van der Waals surface area contributed by atoms with Crippen molar-refractivity contribution in [2.75, 3.05) is 12.4 Å². The molecule has 1 heterocycles. The highest BCUT2D eigenvalue weighted by Crippen LogP contribution is 2.30. The molecule has 6 nitrogen and oxygen atoms in total. The van der Waals surface area contributed by atoms with E-state index in [4.69, 9.17) is 16.3 Å². The summed E-state index contributed by atoms with van der Waals surface area (Å²) in [5.74, 6) is 1.30. The van der Waals surface area contributed by atoms with Gasteiger partial charge in [0.2, 0.25) is 0 Å². The second-order valence-corrected chi connectivity index (χ2v) is 6.76. The average molecular weight is 397 g/mol. The summed E-state index contributed by atoms with van der Waals surface area (Å²) in [6.07, 6.45) is 0. The third-order valence-corrected chi connectivity index (χ3v) is 4.30. The predicted molar refractivity (Wildman–Crippen MR) is 110 cm³/mol. The van der Waals surface area contributed by atoms with Crippen LogP contribution < -0.4 is 15.4 Å². The van der Waals surface area contributed by atoms with Crippen LogP contribution in [-0.4, -0.2) is 23.0 Å². The number of carbonyl (C=O) groups excluding carboxylic acids is 1. The number of benzene rings is 2. The lowest BCUT2D eigenvalue weighted by Crippen LogP contribution is -2.24. The third-order valence-electron chi connectivity index (χ3n) is 4.07. The van der Waals surface area contributed by atoms with Crippen molar-refractivity contribution >= 4 is 29.0 Å². The van der Waals surface area contributed by atoms with E-state index in [0.29, 0.717) is 34.6 Å². The molecule has 0 aliphatic rings. The number of carbonyl (C=O) groups is 1. The molecule has 0 radical (unpaired) electrons. The smallest absolute Gasteiger partial charge is 0.270 e. The number of aryl methyl sites for hydroxylation is 2. The van der Waals surface area contributed by atoms with E-state index in [1.807, 2.05) is 31.2 Å². The summed E-state index contributed by atoms with van der Waals surface area (Å²) in [6, 6.07) is 14.8. The molecule has 1 aromatic heterocycles. The normalized spacial score (nSPS) is 10.4. The molecule has 28 heavy (non-hydrogen) atoms. The van der Waals surface area contributed by atoms with Crippen LogP contribution >= 0.6 is 11.6 Å². The molecule has 0 atom stereocenters. The monoisotopic (exact) mass is 396 g/mol. The molecular weight excluding hydrogens is 376 g/mol. The second-order valence-electron chi connectivity index (χ2n) is 6.32. The van der Waals surface area contributed by atoms with E-state index >= 15 is 0 Å². The number of halogens is 1. The first-order chi connectivity index (χ1) is 13.4. The van der Waals surface area contributed by atoms with Gasteiger partial charge >= 0.3 is 0 Å². The maximum atomic E-state index is 12.5. The summed E-state index contributed by atoms with van der Waals surface area (Å²) in [5.41, 5.74) is 3.13. The van der Waals surface area contributed by atoms with Gasteiger partial charge in [-0.1, -0.05) is 41.4 Å². The van der Waals surface area contributed by atoms with Crippen LogP contribution in [0, 0.1) is 13.8 Å². The van der Waals surface area contributed by atoms with Crippen LogP contribution in [0.25, 0.3) is 0 Å². The SMILES string of the molecule is COc1ccc(Cl)cc1Nc1cc(C(=O)NCc2ccc(C)cc2)nc(C)n1. The number of rotatable bonds is 6. The molecule has 144 valence electrons. The Labute approximate surface area is 168 Å². The molecule has 0 spiro atoms. The molecule has 0 fully saturated rings. The maximum Gasteiger partial charge on any atom is 0.270 e. The lowest BCUT2D eigenvalue weighted by Gasteiger charge is -2.12. The van der Waals surface area contributed by atoms with Crippen molar-refractivity contribution in [2.45, 2.75) is 20.4 Å². The standard InChI is InChI=1S/C21H21ClN4O2/c1-13-4-6-15(7-5-13)12-23-21(27)18-11-20(25-14(2)24-18)26-17-10-16(22)8-9-19(17)28-3/h4-11H,12H2,1-3H3,(H,23,27)(H,24,25,26). The van der Waals surface area contributed by atoms with Crippen LogP contribution in [0.15, 0.2) is 48.5 Å². The van der Waals surface area contributed by atoms with Crippen LogP contribution in [-0.2, 0) is 6.54 Å². The minimum atomic E-state index is -0.271. The van der Waals surface area contributed by atoms with Gasteiger partial charge in [0.1, 0.15) is 23.1 Å². The zero-order valence-electron chi connectivity index (χ0n) is 15.9. The van der Waals surface area contributed by atoms with Gasteiger partial charge in [0.15, 0.2) is 0 Å². The molecule has 0 unspecified atom stereocenters. The first kappa shape index (κ1) is 19.6. The Kier molecular flexibility index (Phi) is 6.11. The van der Waals surface area contributed by atoms with E-state index in [2.05, 4.69) is 20.6 Å². The largest absolute Gasteiger partial charge is 0.495 e. The van der Waals surface area contributed by atoms with E-state index in [1.54, 1.807) is 38.3 Å². The Morgan fingerprint density at radius 2 is 1.82 bits per heavy atom. The number of hydrogen-bond acceptors (Lipinski definition) is 5. The zero-order valence-corrected chi connectivity index (χ0v) is 16.7. The molecule has 2 aromatic carbocycles. The molecule has 0 saturated carbocycles.